The topological polar surface area (TPSA) is 0 Å². The first-order valence-electron chi connectivity index (χ1n) is 4.18. The van der Waals surface area contributed by atoms with Gasteiger partial charge in [-0.3, -0.25) is 0 Å². The second-order valence-electron chi connectivity index (χ2n) is 4.35. The van der Waals surface area contributed by atoms with E-state index in [1.54, 1.807) is 5.57 Å². The highest BCUT2D eigenvalue weighted by atomic mass is 14.3. The highest BCUT2D eigenvalue weighted by Crippen LogP contribution is 2.39. The molecule has 1 atom stereocenters. The average Bonchev–Trinajstić information content (AvgIpc) is 1.78. The second kappa shape index (κ2) is 2.41. The summed E-state index contributed by atoms with van der Waals surface area (Å²) >= 11 is 0. The summed E-state index contributed by atoms with van der Waals surface area (Å²) in [6.45, 7) is 9.33. The first-order valence-corrected chi connectivity index (χ1v) is 4.18. The molecule has 0 aromatic carbocycles. The van der Waals surface area contributed by atoms with Gasteiger partial charge in [0.2, 0.25) is 0 Å². The zero-order valence-electron chi connectivity index (χ0n) is 7.57. The lowest BCUT2D eigenvalue weighted by Gasteiger charge is -2.35. The highest BCUT2D eigenvalue weighted by Gasteiger charge is 2.27. The van der Waals surface area contributed by atoms with Crippen molar-refractivity contribution in [3.8, 4) is 0 Å². The van der Waals surface area contributed by atoms with Crippen molar-refractivity contribution in [1.82, 2.24) is 0 Å². The third-order valence-electron chi connectivity index (χ3n) is 2.89. The van der Waals surface area contributed by atoms with E-state index in [0.717, 1.165) is 5.92 Å². The summed E-state index contributed by atoms with van der Waals surface area (Å²) in [6.07, 6.45) is 4.95. The summed E-state index contributed by atoms with van der Waals surface area (Å²) in [5.41, 5.74) is 2.11. The van der Waals surface area contributed by atoms with Gasteiger partial charge >= 0.3 is 0 Å². The van der Waals surface area contributed by atoms with E-state index >= 15 is 0 Å². The minimum atomic E-state index is 0.541. The summed E-state index contributed by atoms with van der Waals surface area (Å²) in [4.78, 5) is 0. The summed E-state index contributed by atoms with van der Waals surface area (Å²) < 4.78 is 0. The minimum Gasteiger partial charge on any atom is -0.0853 e. The molecule has 0 aliphatic heterocycles. The molecule has 0 heterocycles. The van der Waals surface area contributed by atoms with Crippen molar-refractivity contribution in [2.45, 2.75) is 40.5 Å². The van der Waals surface area contributed by atoms with Crippen molar-refractivity contribution in [3.63, 3.8) is 0 Å². The van der Waals surface area contributed by atoms with E-state index < -0.39 is 0 Å². The van der Waals surface area contributed by atoms with Crippen molar-refractivity contribution < 1.29 is 0 Å². The smallest absolute Gasteiger partial charge is 0.0269 e. The Labute approximate surface area is 64.3 Å². The maximum absolute atomic E-state index is 2.38. The van der Waals surface area contributed by atoms with E-state index in [1.165, 1.54) is 12.8 Å². The van der Waals surface area contributed by atoms with Gasteiger partial charge in [-0.1, -0.05) is 32.4 Å². The summed E-state index contributed by atoms with van der Waals surface area (Å²) in [5, 5.41) is 0. The van der Waals surface area contributed by atoms with Crippen LogP contribution in [0.5, 0.6) is 0 Å². The fourth-order valence-electron chi connectivity index (χ4n) is 1.66. The quantitative estimate of drug-likeness (QED) is 0.450. The van der Waals surface area contributed by atoms with Crippen LogP contribution in [-0.4, -0.2) is 0 Å². The SMILES string of the molecule is CC1=CC[C@H](C)C(C)(C)C1. The normalized spacial score (nSPS) is 31.6. The molecule has 0 saturated carbocycles. The molecule has 0 saturated heterocycles. The second-order valence-corrected chi connectivity index (χ2v) is 4.35. The first-order chi connectivity index (χ1) is 4.52. The van der Waals surface area contributed by atoms with Crippen molar-refractivity contribution in [2.75, 3.05) is 0 Å². The Morgan fingerprint density at radius 3 is 2.50 bits per heavy atom. The molecule has 10 heavy (non-hydrogen) atoms. The Balaban J connectivity index is 2.72. The van der Waals surface area contributed by atoms with Gasteiger partial charge in [-0.25, -0.2) is 0 Å². The zero-order valence-corrected chi connectivity index (χ0v) is 7.57. The van der Waals surface area contributed by atoms with E-state index in [2.05, 4.69) is 33.8 Å². The van der Waals surface area contributed by atoms with Gasteiger partial charge in [0.15, 0.2) is 0 Å². The van der Waals surface area contributed by atoms with E-state index in [1.807, 2.05) is 0 Å². The molecule has 0 aromatic heterocycles. The lowest BCUT2D eigenvalue weighted by Crippen LogP contribution is -2.24. The summed E-state index contributed by atoms with van der Waals surface area (Å²) in [6, 6.07) is 0. The van der Waals surface area contributed by atoms with Crippen molar-refractivity contribution in [2.24, 2.45) is 11.3 Å². The van der Waals surface area contributed by atoms with Crippen LogP contribution in [0.15, 0.2) is 11.6 Å². The van der Waals surface area contributed by atoms with Gasteiger partial charge in [-0.2, -0.15) is 0 Å². The van der Waals surface area contributed by atoms with Crippen LogP contribution in [0, 0.1) is 11.3 Å². The van der Waals surface area contributed by atoms with E-state index in [0.29, 0.717) is 5.41 Å². The van der Waals surface area contributed by atoms with Gasteiger partial charge in [0.05, 0.1) is 0 Å². The van der Waals surface area contributed by atoms with E-state index in [4.69, 9.17) is 0 Å². The van der Waals surface area contributed by atoms with Crippen LogP contribution in [-0.2, 0) is 0 Å². The summed E-state index contributed by atoms with van der Waals surface area (Å²) in [5.74, 6) is 0.858. The van der Waals surface area contributed by atoms with Gasteiger partial charge in [-0.05, 0) is 31.1 Å². The van der Waals surface area contributed by atoms with Crippen molar-refractivity contribution >= 4 is 0 Å². The molecule has 0 radical (unpaired) electrons. The standard InChI is InChI=1S/C10H18/c1-8-5-6-9(2)10(3,4)7-8/h5,9H,6-7H2,1-4H3/t9-/m0/s1. The van der Waals surface area contributed by atoms with Gasteiger partial charge in [0, 0.05) is 0 Å². The van der Waals surface area contributed by atoms with Crippen LogP contribution < -0.4 is 0 Å². The molecule has 1 aliphatic carbocycles. The number of rotatable bonds is 0. The van der Waals surface area contributed by atoms with Crippen LogP contribution in [0.1, 0.15) is 40.5 Å². The minimum absolute atomic E-state index is 0.541. The first kappa shape index (κ1) is 7.84. The summed E-state index contributed by atoms with van der Waals surface area (Å²) in [7, 11) is 0. The molecule has 0 spiro atoms. The highest BCUT2D eigenvalue weighted by molar-refractivity contribution is 5.07. The van der Waals surface area contributed by atoms with Crippen LogP contribution in [0.2, 0.25) is 0 Å². The predicted molar refractivity (Wildman–Crippen MR) is 45.9 cm³/mol. The lowest BCUT2D eigenvalue weighted by atomic mass is 9.70. The van der Waals surface area contributed by atoms with Crippen LogP contribution >= 0.6 is 0 Å². The van der Waals surface area contributed by atoms with E-state index in [9.17, 15) is 0 Å². The molecule has 1 aliphatic rings. The maximum Gasteiger partial charge on any atom is -0.0269 e. The van der Waals surface area contributed by atoms with Gasteiger partial charge in [0.25, 0.3) is 0 Å². The van der Waals surface area contributed by atoms with Crippen LogP contribution in [0.4, 0.5) is 0 Å². The third kappa shape index (κ3) is 1.42. The van der Waals surface area contributed by atoms with Crippen LogP contribution in [0.25, 0.3) is 0 Å². The Hall–Kier alpha value is -0.260. The van der Waals surface area contributed by atoms with Crippen LogP contribution in [0.3, 0.4) is 0 Å². The van der Waals surface area contributed by atoms with Gasteiger partial charge in [-0.15, -0.1) is 0 Å². The molecule has 0 amide bonds. The zero-order chi connectivity index (χ0) is 7.78. The molecule has 0 unspecified atom stereocenters. The van der Waals surface area contributed by atoms with Crippen molar-refractivity contribution in [1.29, 1.82) is 0 Å². The largest absolute Gasteiger partial charge is 0.0853 e. The predicted octanol–water partition coefficient (Wildman–Crippen LogP) is 3.39. The number of allylic oxidation sites excluding steroid dienone is 2. The van der Waals surface area contributed by atoms with Gasteiger partial charge < -0.3 is 0 Å². The number of hydrogen-bond donors (Lipinski definition) is 0. The molecule has 0 heteroatoms. The molecule has 58 valence electrons. The maximum atomic E-state index is 2.38. The fourth-order valence-corrected chi connectivity index (χ4v) is 1.66. The molecule has 0 aromatic rings. The average molecular weight is 138 g/mol. The Morgan fingerprint density at radius 1 is 1.50 bits per heavy atom. The van der Waals surface area contributed by atoms with Gasteiger partial charge in [0.1, 0.15) is 0 Å². The Kier molecular flexibility index (Phi) is 1.89. The molecule has 0 N–H and O–H groups in total. The molecule has 0 bridgehead atoms. The fraction of sp³-hybridized carbons (Fsp3) is 0.800. The monoisotopic (exact) mass is 138 g/mol. The molecular weight excluding hydrogens is 120 g/mol. The molecular formula is C10H18. The molecule has 1 rings (SSSR count). The molecule has 0 nitrogen and oxygen atoms in total. The van der Waals surface area contributed by atoms with E-state index in [-0.39, 0.29) is 0 Å². The molecule has 0 fully saturated rings. The lowest BCUT2D eigenvalue weighted by molar-refractivity contribution is 0.217. The number of hydrogen-bond acceptors (Lipinski definition) is 0. The van der Waals surface area contributed by atoms with Crippen molar-refractivity contribution in [3.05, 3.63) is 11.6 Å². The third-order valence-corrected chi connectivity index (χ3v) is 2.89. The Bertz CT molecular complexity index is 151. The Morgan fingerprint density at radius 2 is 2.10 bits per heavy atom.